The number of aryl methyl sites for hydroxylation is 1. The number of benzene rings is 1. The summed E-state index contributed by atoms with van der Waals surface area (Å²) in [6, 6.07) is 5.74. The predicted octanol–water partition coefficient (Wildman–Crippen LogP) is 3.48. The van der Waals surface area contributed by atoms with Crippen molar-refractivity contribution in [1.29, 1.82) is 0 Å². The third-order valence-corrected chi connectivity index (χ3v) is 5.99. The molecule has 0 saturated carbocycles. The fourth-order valence-electron chi connectivity index (χ4n) is 2.38. The normalized spacial score (nSPS) is 13.0. The van der Waals surface area contributed by atoms with E-state index in [9.17, 15) is 13.2 Å². The van der Waals surface area contributed by atoms with E-state index in [-0.39, 0.29) is 16.8 Å². The van der Waals surface area contributed by atoms with Crippen LogP contribution < -0.4 is 10.0 Å². The molecule has 0 spiro atoms. The first-order chi connectivity index (χ1) is 11.7. The van der Waals surface area contributed by atoms with Crippen LogP contribution in [0.4, 0.5) is 5.69 Å². The Balaban J connectivity index is 2.22. The number of hydrogen-bond donors (Lipinski definition) is 2. The average Bonchev–Trinajstić information content (AvgIpc) is 2.92. The summed E-state index contributed by atoms with van der Waals surface area (Å²) in [5, 5.41) is 5.30. The molecule has 6 nitrogen and oxygen atoms in total. The number of anilines is 1. The molecule has 1 aromatic carbocycles. The quantitative estimate of drug-likeness (QED) is 0.768. The summed E-state index contributed by atoms with van der Waals surface area (Å²) >= 11 is 1.46. The molecule has 0 bridgehead atoms. The van der Waals surface area contributed by atoms with Gasteiger partial charge in [0.05, 0.1) is 10.9 Å². The van der Waals surface area contributed by atoms with Crippen molar-refractivity contribution < 1.29 is 13.2 Å². The number of carbonyl (C=O) groups is 1. The van der Waals surface area contributed by atoms with E-state index in [0.29, 0.717) is 18.0 Å². The summed E-state index contributed by atoms with van der Waals surface area (Å²) in [4.78, 5) is 15.6. The number of hydrogen-bond acceptors (Lipinski definition) is 5. The highest BCUT2D eigenvalue weighted by molar-refractivity contribution is 7.89. The Morgan fingerprint density at radius 1 is 1.24 bits per heavy atom. The molecule has 0 radical (unpaired) electrons. The summed E-state index contributed by atoms with van der Waals surface area (Å²) in [7, 11) is -3.69. The van der Waals surface area contributed by atoms with E-state index < -0.39 is 10.0 Å². The zero-order valence-electron chi connectivity index (χ0n) is 14.7. The Hall–Kier alpha value is -1.77. The first-order valence-corrected chi connectivity index (χ1v) is 10.4. The maximum Gasteiger partial charge on any atom is 0.241 e. The summed E-state index contributed by atoms with van der Waals surface area (Å²) in [6.45, 7) is 7.38. The third-order valence-electron chi connectivity index (χ3n) is 3.42. The van der Waals surface area contributed by atoms with Gasteiger partial charge >= 0.3 is 0 Å². The maximum atomic E-state index is 12.7. The van der Waals surface area contributed by atoms with Gasteiger partial charge in [-0.15, -0.1) is 11.3 Å². The Kier molecular flexibility index (Phi) is 6.31. The molecule has 0 aliphatic heterocycles. The average molecular weight is 382 g/mol. The van der Waals surface area contributed by atoms with Crippen molar-refractivity contribution in [2.45, 2.75) is 45.1 Å². The second-order valence-electron chi connectivity index (χ2n) is 6.34. The van der Waals surface area contributed by atoms with Gasteiger partial charge in [-0.2, -0.15) is 0 Å². The minimum absolute atomic E-state index is 0.156. The minimum Gasteiger partial charge on any atom is -0.326 e. The Bertz CT molecular complexity index is 827. The number of thiazole rings is 1. The van der Waals surface area contributed by atoms with Crippen molar-refractivity contribution in [2.75, 3.05) is 5.32 Å². The summed E-state index contributed by atoms with van der Waals surface area (Å²) in [6.07, 6.45) is 0.663. The van der Waals surface area contributed by atoms with E-state index in [1.807, 2.05) is 26.2 Å². The monoisotopic (exact) mass is 381 g/mol. The smallest absolute Gasteiger partial charge is 0.241 e. The lowest BCUT2D eigenvalue weighted by Gasteiger charge is -2.19. The molecule has 0 aliphatic rings. The van der Waals surface area contributed by atoms with Gasteiger partial charge in [0, 0.05) is 23.7 Å². The van der Waals surface area contributed by atoms with Crippen LogP contribution in [0.1, 0.15) is 43.9 Å². The number of sulfonamides is 1. The van der Waals surface area contributed by atoms with E-state index in [1.54, 1.807) is 12.1 Å². The lowest BCUT2D eigenvalue weighted by molar-refractivity contribution is -0.114. The molecule has 2 rings (SSSR count). The molecular weight excluding hydrogens is 358 g/mol. The van der Waals surface area contributed by atoms with Gasteiger partial charge in [-0.1, -0.05) is 13.8 Å². The van der Waals surface area contributed by atoms with Gasteiger partial charge in [0.2, 0.25) is 15.9 Å². The van der Waals surface area contributed by atoms with Crippen LogP contribution in [0.25, 0.3) is 0 Å². The number of amides is 1. The lowest BCUT2D eigenvalue weighted by Crippen LogP contribution is -2.29. The van der Waals surface area contributed by atoms with Gasteiger partial charge in [-0.3, -0.25) is 4.79 Å². The van der Waals surface area contributed by atoms with Crippen LogP contribution in [0.3, 0.4) is 0 Å². The second kappa shape index (κ2) is 8.07. The summed E-state index contributed by atoms with van der Waals surface area (Å²) in [5.41, 5.74) is 1.44. The molecule has 25 heavy (non-hydrogen) atoms. The minimum atomic E-state index is -3.69. The largest absolute Gasteiger partial charge is 0.326 e. The number of carbonyl (C=O) groups excluding carboxylic acids is 1. The zero-order valence-corrected chi connectivity index (χ0v) is 16.4. The van der Waals surface area contributed by atoms with Crippen molar-refractivity contribution in [2.24, 2.45) is 5.92 Å². The first kappa shape index (κ1) is 19.6. The molecule has 1 atom stereocenters. The number of aromatic nitrogens is 1. The maximum absolute atomic E-state index is 12.7. The molecule has 1 aromatic heterocycles. The van der Waals surface area contributed by atoms with Crippen LogP contribution in [-0.2, 0) is 14.8 Å². The Morgan fingerprint density at radius 2 is 1.88 bits per heavy atom. The van der Waals surface area contributed by atoms with Crippen LogP contribution in [0.15, 0.2) is 34.5 Å². The van der Waals surface area contributed by atoms with Crippen molar-refractivity contribution in [3.8, 4) is 0 Å². The molecule has 2 N–H and O–H groups in total. The number of nitrogens with one attached hydrogen (secondary N) is 2. The van der Waals surface area contributed by atoms with E-state index in [4.69, 9.17) is 0 Å². The zero-order chi connectivity index (χ0) is 18.6. The Labute approximate surface area is 152 Å². The molecule has 1 heterocycles. The SMILES string of the molecule is CC(=O)Nc1ccc(S(=O)(=O)NC(CC(C)C)c2nc(C)cs2)cc1. The molecule has 0 saturated heterocycles. The highest BCUT2D eigenvalue weighted by Crippen LogP contribution is 2.26. The van der Waals surface area contributed by atoms with E-state index >= 15 is 0 Å². The molecule has 136 valence electrons. The third kappa shape index (κ3) is 5.62. The van der Waals surface area contributed by atoms with Gasteiger partial charge in [0.25, 0.3) is 0 Å². The molecule has 2 aromatic rings. The van der Waals surface area contributed by atoms with Gasteiger partial charge in [0.1, 0.15) is 5.01 Å². The standard InChI is InChI=1S/C17H23N3O3S2/c1-11(2)9-16(17-18-12(3)10-24-17)20-25(22,23)15-7-5-14(6-8-15)19-13(4)21/h5-8,10-11,16,20H,9H2,1-4H3,(H,19,21). The topological polar surface area (TPSA) is 88.2 Å². The summed E-state index contributed by atoms with van der Waals surface area (Å²) in [5.74, 6) is 0.115. The fourth-order valence-corrected chi connectivity index (χ4v) is 4.53. The Morgan fingerprint density at radius 3 is 2.36 bits per heavy atom. The number of nitrogens with zero attached hydrogens (tertiary/aromatic N) is 1. The molecule has 0 aliphatic carbocycles. The van der Waals surface area contributed by atoms with Crippen LogP contribution in [0.5, 0.6) is 0 Å². The van der Waals surface area contributed by atoms with Crippen LogP contribution >= 0.6 is 11.3 Å². The fraction of sp³-hybridized carbons (Fsp3) is 0.412. The van der Waals surface area contributed by atoms with E-state index in [0.717, 1.165) is 10.7 Å². The molecule has 0 fully saturated rings. The van der Waals surface area contributed by atoms with Crippen molar-refractivity contribution in [3.63, 3.8) is 0 Å². The molecule has 1 amide bonds. The van der Waals surface area contributed by atoms with Crippen LogP contribution in [0.2, 0.25) is 0 Å². The van der Waals surface area contributed by atoms with Crippen LogP contribution in [-0.4, -0.2) is 19.3 Å². The van der Waals surface area contributed by atoms with E-state index in [2.05, 4.69) is 15.0 Å². The van der Waals surface area contributed by atoms with Crippen molar-refractivity contribution >= 4 is 33.0 Å². The molecular formula is C17H23N3O3S2. The summed E-state index contributed by atoms with van der Waals surface area (Å²) < 4.78 is 28.2. The van der Waals surface area contributed by atoms with Crippen molar-refractivity contribution in [1.82, 2.24) is 9.71 Å². The van der Waals surface area contributed by atoms with Gasteiger partial charge in [0.15, 0.2) is 0 Å². The van der Waals surface area contributed by atoms with Gasteiger partial charge < -0.3 is 5.32 Å². The first-order valence-electron chi connectivity index (χ1n) is 7.99. The molecule has 8 heteroatoms. The second-order valence-corrected chi connectivity index (χ2v) is 8.94. The highest BCUT2D eigenvalue weighted by Gasteiger charge is 2.24. The number of rotatable bonds is 7. The van der Waals surface area contributed by atoms with Crippen LogP contribution in [0, 0.1) is 12.8 Å². The van der Waals surface area contributed by atoms with Gasteiger partial charge in [-0.25, -0.2) is 18.1 Å². The predicted molar refractivity (Wildman–Crippen MR) is 100 cm³/mol. The van der Waals surface area contributed by atoms with Gasteiger partial charge in [-0.05, 0) is 43.5 Å². The molecule has 1 unspecified atom stereocenters. The van der Waals surface area contributed by atoms with E-state index in [1.165, 1.54) is 30.4 Å². The lowest BCUT2D eigenvalue weighted by atomic mass is 10.1. The highest BCUT2D eigenvalue weighted by atomic mass is 32.2. The van der Waals surface area contributed by atoms with Crippen molar-refractivity contribution in [3.05, 3.63) is 40.3 Å².